The van der Waals surface area contributed by atoms with E-state index < -0.39 is 0 Å². The number of nitrogens with one attached hydrogen (secondary N) is 2. The van der Waals surface area contributed by atoms with Gasteiger partial charge in [-0.15, -0.1) is 0 Å². The number of rotatable bonds is 5. The first-order chi connectivity index (χ1) is 9.92. The Morgan fingerprint density at radius 3 is 2.62 bits per heavy atom. The number of aromatic nitrogens is 1. The van der Waals surface area contributed by atoms with Crippen LogP contribution in [0.25, 0.3) is 0 Å². The van der Waals surface area contributed by atoms with Gasteiger partial charge in [0, 0.05) is 24.5 Å². The third kappa shape index (κ3) is 3.96. The molecule has 0 aromatic carbocycles. The van der Waals surface area contributed by atoms with Crippen molar-refractivity contribution in [2.75, 3.05) is 6.54 Å². The molecule has 1 aliphatic rings. The average molecular weight is 290 g/mol. The Morgan fingerprint density at radius 2 is 2.05 bits per heavy atom. The molecule has 1 aliphatic carbocycles. The van der Waals surface area contributed by atoms with Crippen LogP contribution in [0.2, 0.25) is 0 Å². The molecule has 1 heterocycles. The predicted molar refractivity (Wildman–Crippen MR) is 84.5 cm³/mol. The molecule has 2 rings (SSSR count). The monoisotopic (exact) mass is 290 g/mol. The topological polar surface area (TPSA) is 62.0 Å². The Balaban J connectivity index is 2.03. The number of hydrogen-bond acceptors (Lipinski definition) is 2. The van der Waals surface area contributed by atoms with Crippen molar-refractivity contribution in [1.82, 2.24) is 10.3 Å². The van der Waals surface area contributed by atoms with Crippen molar-refractivity contribution in [1.29, 1.82) is 0 Å². The fraction of sp³-hybridized carbons (Fsp3) is 0.647. The van der Waals surface area contributed by atoms with E-state index in [9.17, 15) is 9.59 Å². The molecule has 0 aliphatic heterocycles. The van der Waals surface area contributed by atoms with Crippen LogP contribution in [0.4, 0.5) is 0 Å². The molecule has 1 saturated carbocycles. The quantitative estimate of drug-likeness (QED) is 0.875. The second-order valence-electron chi connectivity index (χ2n) is 6.88. The van der Waals surface area contributed by atoms with Gasteiger partial charge in [0.25, 0.3) is 5.91 Å². The van der Waals surface area contributed by atoms with Crippen LogP contribution in [0.15, 0.2) is 17.1 Å². The molecule has 0 unspecified atom stereocenters. The number of carbonyl (C=O) groups is 1. The highest BCUT2D eigenvalue weighted by Crippen LogP contribution is 2.42. The highest BCUT2D eigenvalue weighted by atomic mass is 16.2. The summed E-state index contributed by atoms with van der Waals surface area (Å²) in [5.74, 6) is 0.370. The summed E-state index contributed by atoms with van der Waals surface area (Å²) < 4.78 is 0. The summed E-state index contributed by atoms with van der Waals surface area (Å²) in [6.07, 6.45) is 7.49. The second-order valence-corrected chi connectivity index (χ2v) is 6.88. The van der Waals surface area contributed by atoms with Crippen LogP contribution in [0.1, 0.15) is 62.0 Å². The third-order valence-corrected chi connectivity index (χ3v) is 4.43. The molecule has 0 radical (unpaired) electrons. The van der Waals surface area contributed by atoms with Crippen molar-refractivity contribution in [3.05, 3.63) is 33.7 Å². The van der Waals surface area contributed by atoms with E-state index in [-0.39, 0.29) is 22.3 Å². The van der Waals surface area contributed by atoms with E-state index in [2.05, 4.69) is 24.1 Å². The lowest BCUT2D eigenvalue weighted by Crippen LogP contribution is -2.38. The normalized spacial score (nSPS) is 17.1. The summed E-state index contributed by atoms with van der Waals surface area (Å²) in [6, 6.07) is 1.47. The molecule has 0 bridgehead atoms. The molecule has 1 aromatic rings. The number of pyridine rings is 1. The number of aryl methyl sites for hydroxylation is 1. The Kier molecular flexibility index (Phi) is 4.86. The molecule has 21 heavy (non-hydrogen) atoms. The molecule has 0 saturated heterocycles. The summed E-state index contributed by atoms with van der Waals surface area (Å²) in [5, 5.41) is 2.99. The minimum atomic E-state index is -0.258. The fourth-order valence-electron chi connectivity index (χ4n) is 3.56. The van der Waals surface area contributed by atoms with Gasteiger partial charge in [0.1, 0.15) is 5.56 Å². The first-order valence-corrected chi connectivity index (χ1v) is 7.89. The molecule has 1 fully saturated rings. The van der Waals surface area contributed by atoms with Crippen LogP contribution in [-0.2, 0) is 0 Å². The summed E-state index contributed by atoms with van der Waals surface area (Å²) in [7, 11) is 0. The lowest BCUT2D eigenvalue weighted by atomic mass is 9.78. The van der Waals surface area contributed by atoms with Crippen LogP contribution in [0.3, 0.4) is 0 Å². The van der Waals surface area contributed by atoms with Crippen LogP contribution >= 0.6 is 0 Å². The number of amides is 1. The Morgan fingerprint density at radius 1 is 1.38 bits per heavy atom. The van der Waals surface area contributed by atoms with Crippen molar-refractivity contribution < 1.29 is 4.79 Å². The molecule has 1 aromatic heterocycles. The zero-order valence-electron chi connectivity index (χ0n) is 13.3. The zero-order chi connectivity index (χ0) is 15.5. The van der Waals surface area contributed by atoms with Crippen LogP contribution in [-0.4, -0.2) is 17.4 Å². The highest BCUT2D eigenvalue weighted by Gasteiger charge is 2.34. The Hall–Kier alpha value is -1.58. The van der Waals surface area contributed by atoms with E-state index in [0.29, 0.717) is 12.5 Å². The van der Waals surface area contributed by atoms with Crippen molar-refractivity contribution in [2.45, 2.75) is 52.9 Å². The largest absolute Gasteiger partial charge is 0.364 e. The van der Waals surface area contributed by atoms with Crippen molar-refractivity contribution in [2.24, 2.45) is 11.3 Å². The average Bonchev–Trinajstić information content (AvgIpc) is 2.84. The Bertz CT molecular complexity index is 554. The standard InChI is InChI=1S/C17H26N2O2/c1-12(2)9-17(6-4-5-7-17)11-19-16(21)14-10-18-13(3)8-15(14)20/h8,10,12H,4-7,9,11H2,1-3H3,(H,18,20)(H,19,21). The van der Waals surface area contributed by atoms with Gasteiger partial charge in [-0.2, -0.15) is 0 Å². The van der Waals surface area contributed by atoms with Gasteiger partial charge >= 0.3 is 0 Å². The van der Waals surface area contributed by atoms with E-state index in [0.717, 1.165) is 12.1 Å². The van der Waals surface area contributed by atoms with Crippen LogP contribution < -0.4 is 10.7 Å². The van der Waals surface area contributed by atoms with Gasteiger partial charge in [-0.3, -0.25) is 9.59 Å². The summed E-state index contributed by atoms with van der Waals surface area (Å²) in [6.45, 7) is 6.94. The minimum absolute atomic E-state index is 0.207. The van der Waals surface area contributed by atoms with E-state index in [1.54, 1.807) is 6.92 Å². The first kappa shape index (κ1) is 15.8. The van der Waals surface area contributed by atoms with Crippen LogP contribution in [0.5, 0.6) is 0 Å². The fourth-order valence-corrected chi connectivity index (χ4v) is 3.56. The Labute approximate surface area is 126 Å². The van der Waals surface area contributed by atoms with Gasteiger partial charge in [-0.1, -0.05) is 26.7 Å². The number of aromatic amines is 1. The zero-order valence-corrected chi connectivity index (χ0v) is 13.3. The van der Waals surface area contributed by atoms with Crippen molar-refractivity contribution in [3.63, 3.8) is 0 Å². The van der Waals surface area contributed by atoms with Crippen LogP contribution in [0, 0.1) is 18.3 Å². The first-order valence-electron chi connectivity index (χ1n) is 7.89. The molecule has 0 spiro atoms. The molecule has 0 atom stereocenters. The van der Waals surface area contributed by atoms with E-state index in [1.165, 1.54) is 37.9 Å². The van der Waals surface area contributed by atoms with E-state index in [1.807, 2.05) is 0 Å². The molecule has 2 N–H and O–H groups in total. The van der Waals surface area contributed by atoms with Gasteiger partial charge < -0.3 is 10.3 Å². The number of hydrogen-bond donors (Lipinski definition) is 2. The second kappa shape index (κ2) is 6.46. The molecule has 4 nitrogen and oxygen atoms in total. The molecular weight excluding hydrogens is 264 g/mol. The van der Waals surface area contributed by atoms with Crippen molar-refractivity contribution >= 4 is 5.91 Å². The summed E-state index contributed by atoms with van der Waals surface area (Å²) >= 11 is 0. The number of carbonyl (C=O) groups excluding carboxylic acids is 1. The summed E-state index contributed by atoms with van der Waals surface area (Å²) in [4.78, 5) is 27.0. The lowest BCUT2D eigenvalue weighted by molar-refractivity contribution is 0.0920. The maximum Gasteiger partial charge on any atom is 0.256 e. The molecule has 116 valence electrons. The summed E-state index contributed by atoms with van der Waals surface area (Å²) in [5.41, 5.74) is 0.983. The maximum atomic E-state index is 12.2. The lowest BCUT2D eigenvalue weighted by Gasteiger charge is -2.31. The van der Waals surface area contributed by atoms with Gasteiger partial charge in [0.05, 0.1) is 0 Å². The van der Waals surface area contributed by atoms with Gasteiger partial charge in [-0.25, -0.2) is 0 Å². The molecule has 4 heteroatoms. The van der Waals surface area contributed by atoms with E-state index >= 15 is 0 Å². The van der Waals surface area contributed by atoms with Gasteiger partial charge in [0.15, 0.2) is 5.43 Å². The van der Waals surface area contributed by atoms with E-state index in [4.69, 9.17) is 0 Å². The van der Waals surface area contributed by atoms with Gasteiger partial charge in [0.2, 0.25) is 0 Å². The number of H-pyrrole nitrogens is 1. The predicted octanol–water partition coefficient (Wildman–Crippen LogP) is 3.02. The SMILES string of the molecule is Cc1cc(=O)c(C(=O)NCC2(CC(C)C)CCCC2)c[nH]1. The van der Waals surface area contributed by atoms with Gasteiger partial charge in [-0.05, 0) is 37.5 Å². The maximum absolute atomic E-state index is 12.2. The molecular formula is C17H26N2O2. The minimum Gasteiger partial charge on any atom is -0.364 e. The molecule has 1 amide bonds. The highest BCUT2D eigenvalue weighted by molar-refractivity contribution is 5.93. The smallest absolute Gasteiger partial charge is 0.256 e. The third-order valence-electron chi connectivity index (χ3n) is 4.43. The van der Waals surface area contributed by atoms with Crippen molar-refractivity contribution in [3.8, 4) is 0 Å².